The number of hydrogen-bond donors (Lipinski definition) is 1. The summed E-state index contributed by atoms with van der Waals surface area (Å²) in [6, 6.07) is 16.7. The molecule has 0 aliphatic carbocycles. The molecule has 0 spiro atoms. The van der Waals surface area contributed by atoms with E-state index in [-0.39, 0.29) is 11.1 Å². The molecule has 0 saturated heterocycles. The summed E-state index contributed by atoms with van der Waals surface area (Å²) in [5, 5.41) is 14.4. The number of H-pyrrole nitrogens is 1. The van der Waals surface area contributed by atoms with Gasteiger partial charge in [-0.25, -0.2) is 4.79 Å². The Kier molecular flexibility index (Phi) is 7.78. The van der Waals surface area contributed by atoms with Crippen molar-refractivity contribution >= 4 is 0 Å². The second-order valence-electron chi connectivity index (χ2n) is 11.3. The SMILES string of the molecule is CCCc1cccc(C(C)(C)C)c1-n1cc(CCC)n(Cc2ccc(-c3ccncc3-c3nn[nH]n3)cc2)c1=O. The first-order chi connectivity index (χ1) is 19.3. The van der Waals surface area contributed by atoms with Crippen LogP contribution in [-0.4, -0.2) is 34.7 Å². The number of aryl methyl sites for hydroxylation is 2. The molecule has 3 aromatic heterocycles. The third-order valence-corrected chi connectivity index (χ3v) is 7.27. The van der Waals surface area contributed by atoms with Crippen LogP contribution >= 0.6 is 0 Å². The Labute approximate surface area is 235 Å². The number of nitrogens with one attached hydrogen (secondary N) is 1. The lowest BCUT2D eigenvalue weighted by Gasteiger charge is -2.25. The van der Waals surface area contributed by atoms with Gasteiger partial charge in [0.05, 0.1) is 12.2 Å². The molecule has 0 fully saturated rings. The highest BCUT2D eigenvalue weighted by atomic mass is 16.1. The molecule has 5 rings (SSSR count). The van der Waals surface area contributed by atoms with Crippen LogP contribution in [0.1, 0.15) is 69.8 Å². The number of benzene rings is 2. The second kappa shape index (κ2) is 11.4. The summed E-state index contributed by atoms with van der Waals surface area (Å²) in [6.45, 7) is 11.5. The van der Waals surface area contributed by atoms with Gasteiger partial charge in [0.25, 0.3) is 0 Å². The van der Waals surface area contributed by atoms with Crippen molar-refractivity contribution in [3.63, 3.8) is 0 Å². The van der Waals surface area contributed by atoms with Crippen LogP contribution in [0.5, 0.6) is 0 Å². The van der Waals surface area contributed by atoms with Crippen molar-refractivity contribution in [1.29, 1.82) is 0 Å². The van der Waals surface area contributed by atoms with E-state index in [2.05, 4.69) is 109 Å². The summed E-state index contributed by atoms with van der Waals surface area (Å²) >= 11 is 0. The van der Waals surface area contributed by atoms with E-state index in [0.717, 1.165) is 59.3 Å². The van der Waals surface area contributed by atoms with Gasteiger partial charge < -0.3 is 0 Å². The van der Waals surface area contributed by atoms with Gasteiger partial charge in [0.1, 0.15) is 0 Å². The third kappa shape index (κ3) is 5.39. The number of tetrazole rings is 1. The van der Waals surface area contributed by atoms with Crippen LogP contribution < -0.4 is 5.69 Å². The highest BCUT2D eigenvalue weighted by molar-refractivity contribution is 5.79. The third-order valence-electron chi connectivity index (χ3n) is 7.27. The molecule has 0 radical (unpaired) electrons. The van der Waals surface area contributed by atoms with E-state index in [4.69, 9.17) is 0 Å². The van der Waals surface area contributed by atoms with E-state index in [1.165, 1.54) is 11.1 Å². The van der Waals surface area contributed by atoms with Gasteiger partial charge in [-0.2, -0.15) is 5.21 Å². The minimum Gasteiger partial charge on any atom is -0.292 e. The van der Waals surface area contributed by atoms with E-state index < -0.39 is 0 Å². The predicted octanol–water partition coefficient (Wildman–Crippen LogP) is 6.13. The van der Waals surface area contributed by atoms with Crippen LogP contribution in [0, 0.1) is 0 Å². The Hall–Kier alpha value is -4.33. The zero-order chi connectivity index (χ0) is 28.3. The maximum Gasteiger partial charge on any atom is 0.333 e. The summed E-state index contributed by atoms with van der Waals surface area (Å²) in [6.07, 6.45) is 9.33. The van der Waals surface area contributed by atoms with Crippen molar-refractivity contribution in [2.24, 2.45) is 0 Å². The molecule has 3 heterocycles. The lowest BCUT2D eigenvalue weighted by molar-refractivity contribution is 0.583. The maximum absolute atomic E-state index is 14.1. The number of aromatic nitrogens is 7. The van der Waals surface area contributed by atoms with E-state index in [9.17, 15) is 4.79 Å². The van der Waals surface area contributed by atoms with Crippen LogP contribution in [0.4, 0.5) is 0 Å². The number of nitrogens with zero attached hydrogens (tertiary/aromatic N) is 6. The normalized spacial score (nSPS) is 11.7. The molecule has 0 aliphatic rings. The highest BCUT2D eigenvalue weighted by Crippen LogP contribution is 2.32. The standard InChI is InChI=1S/C32H37N7O/c1-6-9-24-11-8-12-28(32(3,4)5)29(24)39-21-25(10-7-2)38(31(39)40)20-22-13-15-23(16-14-22)26-17-18-33-19-27(26)30-34-36-37-35-30/h8,11-19,21H,6-7,9-10,20H2,1-5H3,(H,34,35,36,37). The molecule has 0 aliphatic heterocycles. The second-order valence-corrected chi connectivity index (χ2v) is 11.3. The molecule has 8 heteroatoms. The fourth-order valence-corrected chi connectivity index (χ4v) is 5.34. The Morgan fingerprint density at radius 3 is 2.38 bits per heavy atom. The fraction of sp³-hybridized carbons (Fsp3) is 0.344. The lowest BCUT2D eigenvalue weighted by Crippen LogP contribution is -2.27. The van der Waals surface area contributed by atoms with Crippen molar-refractivity contribution in [2.45, 2.75) is 72.3 Å². The summed E-state index contributed by atoms with van der Waals surface area (Å²) < 4.78 is 3.84. The van der Waals surface area contributed by atoms with Gasteiger partial charge in [-0.3, -0.25) is 14.1 Å². The number of aromatic amines is 1. The molecule has 206 valence electrons. The van der Waals surface area contributed by atoms with Gasteiger partial charge in [0.2, 0.25) is 5.82 Å². The minimum atomic E-state index is -0.0886. The van der Waals surface area contributed by atoms with E-state index in [1.807, 2.05) is 15.2 Å². The number of imidazole rings is 1. The maximum atomic E-state index is 14.1. The first-order valence-corrected chi connectivity index (χ1v) is 14.0. The fourth-order valence-electron chi connectivity index (χ4n) is 5.34. The van der Waals surface area contributed by atoms with Gasteiger partial charge >= 0.3 is 5.69 Å². The Morgan fingerprint density at radius 2 is 1.70 bits per heavy atom. The highest BCUT2D eigenvalue weighted by Gasteiger charge is 2.24. The average Bonchev–Trinajstić information content (AvgIpc) is 3.58. The van der Waals surface area contributed by atoms with Crippen LogP contribution in [0.25, 0.3) is 28.2 Å². The predicted molar refractivity (Wildman–Crippen MR) is 159 cm³/mol. The zero-order valence-corrected chi connectivity index (χ0v) is 24.0. The van der Waals surface area contributed by atoms with Gasteiger partial charge in [0.15, 0.2) is 0 Å². The minimum absolute atomic E-state index is 0.00936. The van der Waals surface area contributed by atoms with Crippen LogP contribution in [0.2, 0.25) is 0 Å². The summed E-state index contributed by atoms with van der Waals surface area (Å²) in [7, 11) is 0. The van der Waals surface area contributed by atoms with Gasteiger partial charge in [-0.15, -0.1) is 10.2 Å². The van der Waals surface area contributed by atoms with Gasteiger partial charge in [0, 0.05) is 29.8 Å². The molecule has 2 aromatic carbocycles. The van der Waals surface area contributed by atoms with Crippen LogP contribution in [0.15, 0.2) is 71.9 Å². The molecule has 0 saturated carbocycles. The number of pyridine rings is 1. The first-order valence-electron chi connectivity index (χ1n) is 14.0. The van der Waals surface area contributed by atoms with Crippen molar-refractivity contribution < 1.29 is 0 Å². The summed E-state index contributed by atoms with van der Waals surface area (Å²) in [4.78, 5) is 18.3. The van der Waals surface area contributed by atoms with Gasteiger partial charge in [-0.05, 0) is 57.4 Å². The topological polar surface area (TPSA) is 94.3 Å². The summed E-state index contributed by atoms with van der Waals surface area (Å²) in [5.74, 6) is 0.502. The Balaban J connectivity index is 1.53. The number of para-hydroxylation sites is 1. The first kappa shape index (κ1) is 27.2. The van der Waals surface area contributed by atoms with Crippen molar-refractivity contribution in [2.75, 3.05) is 0 Å². The van der Waals surface area contributed by atoms with Crippen molar-refractivity contribution in [3.05, 3.63) is 100.0 Å². The summed E-state index contributed by atoms with van der Waals surface area (Å²) in [5.41, 5.74) is 8.29. The number of hydrogen-bond acceptors (Lipinski definition) is 5. The van der Waals surface area contributed by atoms with Crippen LogP contribution in [-0.2, 0) is 24.8 Å². The Morgan fingerprint density at radius 1 is 0.925 bits per heavy atom. The molecular formula is C32H37N7O. The monoisotopic (exact) mass is 535 g/mol. The van der Waals surface area contributed by atoms with E-state index in [0.29, 0.717) is 12.4 Å². The molecule has 5 aromatic rings. The molecule has 0 amide bonds. The van der Waals surface area contributed by atoms with E-state index >= 15 is 0 Å². The van der Waals surface area contributed by atoms with Crippen molar-refractivity contribution in [3.8, 4) is 28.2 Å². The van der Waals surface area contributed by atoms with E-state index in [1.54, 1.807) is 12.4 Å². The van der Waals surface area contributed by atoms with Crippen molar-refractivity contribution in [1.82, 2.24) is 34.7 Å². The molecular weight excluding hydrogens is 498 g/mol. The molecule has 0 unspecified atom stereocenters. The largest absolute Gasteiger partial charge is 0.333 e. The average molecular weight is 536 g/mol. The smallest absolute Gasteiger partial charge is 0.292 e. The van der Waals surface area contributed by atoms with Crippen LogP contribution in [0.3, 0.4) is 0 Å². The lowest BCUT2D eigenvalue weighted by atomic mass is 9.84. The molecule has 40 heavy (non-hydrogen) atoms. The molecule has 8 nitrogen and oxygen atoms in total. The molecule has 1 N–H and O–H groups in total. The molecule has 0 bridgehead atoms. The Bertz CT molecular complexity index is 1640. The molecule has 0 atom stereocenters. The van der Waals surface area contributed by atoms with Gasteiger partial charge in [-0.1, -0.05) is 89.9 Å². The number of rotatable bonds is 9. The zero-order valence-electron chi connectivity index (χ0n) is 24.0. The quantitative estimate of drug-likeness (QED) is 0.245.